The van der Waals surface area contributed by atoms with Crippen LogP contribution in [0.5, 0.6) is 0 Å². The molecule has 0 aliphatic carbocycles. The van der Waals surface area contributed by atoms with Gasteiger partial charge in [-0.05, 0) is 28.5 Å². The fourth-order valence-electron chi connectivity index (χ4n) is 2.10. The Kier molecular flexibility index (Phi) is 2.97. The molecule has 18 heavy (non-hydrogen) atoms. The maximum Gasteiger partial charge on any atom is 0.0400 e. The van der Waals surface area contributed by atoms with E-state index in [1.165, 1.54) is 16.3 Å². The van der Waals surface area contributed by atoms with Crippen molar-refractivity contribution < 1.29 is 0 Å². The summed E-state index contributed by atoms with van der Waals surface area (Å²) in [5, 5.41) is 6.01. The van der Waals surface area contributed by atoms with Gasteiger partial charge in [-0.3, -0.25) is 0 Å². The van der Waals surface area contributed by atoms with Crippen LogP contribution in [-0.4, -0.2) is 0 Å². The molecule has 0 aliphatic heterocycles. The van der Waals surface area contributed by atoms with Gasteiger partial charge in [0.15, 0.2) is 0 Å². The molecular weight excluding hydrogens is 218 g/mol. The summed E-state index contributed by atoms with van der Waals surface area (Å²) in [7, 11) is 0. The van der Waals surface area contributed by atoms with Crippen LogP contribution in [0.15, 0.2) is 72.8 Å². The summed E-state index contributed by atoms with van der Waals surface area (Å²) in [5.74, 6) is 0. The van der Waals surface area contributed by atoms with Crippen molar-refractivity contribution in [3.63, 3.8) is 0 Å². The first-order chi connectivity index (χ1) is 8.92. The molecule has 1 heteroatoms. The summed E-state index contributed by atoms with van der Waals surface area (Å²) in [4.78, 5) is 0. The van der Waals surface area contributed by atoms with E-state index in [1.54, 1.807) is 0 Å². The minimum absolute atomic E-state index is 0.860. The second-order valence-electron chi connectivity index (χ2n) is 4.40. The average Bonchev–Trinajstić information content (AvgIpc) is 2.46. The molecule has 3 aromatic carbocycles. The highest BCUT2D eigenvalue weighted by Crippen LogP contribution is 2.19. The molecule has 88 valence electrons. The standard InChI is InChI=1S/C17H15N/c1-2-6-14(7-3-1)13-18-17-11-10-15-8-4-5-9-16(15)12-17/h1-12,18H,13H2. The first kappa shape index (κ1) is 10.8. The van der Waals surface area contributed by atoms with E-state index in [0.717, 1.165) is 12.2 Å². The Morgan fingerprint density at radius 1 is 0.667 bits per heavy atom. The zero-order valence-corrected chi connectivity index (χ0v) is 10.1. The number of hydrogen-bond acceptors (Lipinski definition) is 1. The van der Waals surface area contributed by atoms with Crippen LogP contribution in [0.3, 0.4) is 0 Å². The van der Waals surface area contributed by atoms with Crippen molar-refractivity contribution >= 4 is 16.5 Å². The van der Waals surface area contributed by atoms with E-state index in [2.05, 4.69) is 72.0 Å². The molecule has 0 saturated carbocycles. The normalized spacial score (nSPS) is 10.4. The zero-order valence-electron chi connectivity index (χ0n) is 10.1. The van der Waals surface area contributed by atoms with Crippen molar-refractivity contribution in [1.29, 1.82) is 0 Å². The fraction of sp³-hybridized carbons (Fsp3) is 0.0588. The van der Waals surface area contributed by atoms with Gasteiger partial charge in [0.1, 0.15) is 0 Å². The Bertz CT molecular complexity index is 644. The summed E-state index contributed by atoms with van der Waals surface area (Å²) in [6.45, 7) is 0.860. The smallest absolute Gasteiger partial charge is 0.0400 e. The first-order valence-corrected chi connectivity index (χ1v) is 6.18. The summed E-state index contributed by atoms with van der Waals surface area (Å²) in [6.07, 6.45) is 0. The van der Waals surface area contributed by atoms with E-state index in [0.29, 0.717) is 0 Å². The molecule has 0 bridgehead atoms. The lowest BCUT2D eigenvalue weighted by molar-refractivity contribution is 1.15. The molecule has 0 amide bonds. The Morgan fingerprint density at radius 3 is 2.22 bits per heavy atom. The minimum Gasteiger partial charge on any atom is -0.381 e. The van der Waals surface area contributed by atoms with Crippen molar-refractivity contribution in [1.82, 2.24) is 0 Å². The summed E-state index contributed by atoms with van der Waals surface area (Å²) in [5.41, 5.74) is 2.46. The Hall–Kier alpha value is -2.28. The van der Waals surface area contributed by atoms with Gasteiger partial charge in [0.05, 0.1) is 0 Å². The van der Waals surface area contributed by atoms with Crippen LogP contribution < -0.4 is 5.32 Å². The van der Waals surface area contributed by atoms with Gasteiger partial charge in [-0.1, -0.05) is 60.7 Å². The van der Waals surface area contributed by atoms with Gasteiger partial charge in [0.25, 0.3) is 0 Å². The number of fused-ring (bicyclic) bond motifs is 1. The van der Waals surface area contributed by atoms with Crippen LogP contribution in [0.2, 0.25) is 0 Å². The van der Waals surface area contributed by atoms with Crippen LogP contribution in [0.1, 0.15) is 5.56 Å². The fourth-order valence-corrected chi connectivity index (χ4v) is 2.10. The monoisotopic (exact) mass is 233 g/mol. The second kappa shape index (κ2) is 4.92. The van der Waals surface area contributed by atoms with Gasteiger partial charge in [0.2, 0.25) is 0 Å². The maximum atomic E-state index is 3.45. The highest BCUT2D eigenvalue weighted by molar-refractivity contribution is 5.85. The molecule has 1 nitrogen and oxygen atoms in total. The van der Waals surface area contributed by atoms with E-state index in [-0.39, 0.29) is 0 Å². The molecule has 0 heterocycles. The van der Waals surface area contributed by atoms with Crippen molar-refractivity contribution in [2.75, 3.05) is 5.32 Å². The molecule has 1 N–H and O–H groups in total. The molecule has 0 unspecified atom stereocenters. The predicted octanol–water partition coefficient (Wildman–Crippen LogP) is 4.45. The highest BCUT2D eigenvalue weighted by Gasteiger charge is 1.96. The number of nitrogens with one attached hydrogen (secondary N) is 1. The van der Waals surface area contributed by atoms with Crippen LogP contribution >= 0.6 is 0 Å². The third-order valence-corrected chi connectivity index (χ3v) is 3.09. The van der Waals surface area contributed by atoms with Crippen LogP contribution in [0, 0.1) is 0 Å². The lowest BCUT2D eigenvalue weighted by Gasteiger charge is -2.07. The Labute approximate surface area is 107 Å². The van der Waals surface area contributed by atoms with Crippen molar-refractivity contribution in [3.05, 3.63) is 78.4 Å². The molecule has 0 spiro atoms. The molecule has 0 atom stereocenters. The molecule has 0 radical (unpaired) electrons. The molecule has 3 aromatic rings. The molecule has 0 fully saturated rings. The van der Waals surface area contributed by atoms with Crippen LogP contribution in [0.4, 0.5) is 5.69 Å². The number of rotatable bonds is 3. The zero-order chi connectivity index (χ0) is 12.2. The molecule has 0 saturated heterocycles. The average molecular weight is 233 g/mol. The van der Waals surface area contributed by atoms with Crippen LogP contribution in [-0.2, 0) is 6.54 Å². The molecule has 0 aliphatic rings. The van der Waals surface area contributed by atoms with E-state index in [4.69, 9.17) is 0 Å². The number of anilines is 1. The third-order valence-electron chi connectivity index (χ3n) is 3.09. The molecular formula is C17H15N. The topological polar surface area (TPSA) is 12.0 Å². The second-order valence-corrected chi connectivity index (χ2v) is 4.40. The predicted molar refractivity (Wildman–Crippen MR) is 77.7 cm³/mol. The van der Waals surface area contributed by atoms with E-state index in [1.807, 2.05) is 6.07 Å². The molecule has 3 rings (SSSR count). The van der Waals surface area contributed by atoms with Gasteiger partial charge in [-0.2, -0.15) is 0 Å². The molecule has 0 aromatic heterocycles. The Morgan fingerprint density at radius 2 is 1.39 bits per heavy atom. The lowest BCUT2D eigenvalue weighted by Crippen LogP contribution is -1.98. The maximum absolute atomic E-state index is 3.45. The van der Waals surface area contributed by atoms with Crippen LogP contribution in [0.25, 0.3) is 10.8 Å². The summed E-state index contributed by atoms with van der Waals surface area (Å²) < 4.78 is 0. The lowest BCUT2D eigenvalue weighted by atomic mass is 10.1. The quantitative estimate of drug-likeness (QED) is 0.704. The van der Waals surface area contributed by atoms with Gasteiger partial charge < -0.3 is 5.32 Å². The highest BCUT2D eigenvalue weighted by atomic mass is 14.9. The van der Waals surface area contributed by atoms with Crippen molar-refractivity contribution in [3.8, 4) is 0 Å². The number of benzene rings is 3. The van der Waals surface area contributed by atoms with Gasteiger partial charge in [-0.25, -0.2) is 0 Å². The number of hydrogen-bond donors (Lipinski definition) is 1. The summed E-state index contributed by atoms with van der Waals surface area (Å²) >= 11 is 0. The van der Waals surface area contributed by atoms with E-state index >= 15 is 0 Å². The largest absolute Gasteiger partial charge is 0.381 e. The first-order valence-electron chi connectivity index (χ1n) is 6.18. The Balaban J connectivity index is 1.79. The van der Waals surface area contributed by atoms with Crippen molar-refractivity contribution in [2.45, 2.75) is 6.54 Å². The van der Waals surface area contributed by atoms with Gasteiger partial charge in [-0.15, -0.1) is 0 Å². The third kappa shape index (κ3) is 2.35. The minimum atomic E-state index is 0.860. The van der Waals surface area contributed by atoms with Gasteiger partial charge in [0, 0.05) is 12.2 Å². The SMILES string of the molecule is c1ccc(CNc2ccc3ccccc3c2)cc1. The van der Waals surface area contributed by atoms with Crippen molar-refractivity contribution in [2.24, 2.45) is 0 Å². The van der Waals surface area contributed by atoms with Gasteiger partial charge >= 0.3 is 0 Å². The van der Waals surface area contributed by atoms with E-state index < -0.39 is 0 Å². The summed E-state index contributed by atoms with van der Waals surface area (Å²) in [6, 6.07) is 25.3. The van der Waals surface area contributed by atoms with E-state index in [9.17, 15) is 0 Å².